The number of hydrogen-bond acceptors (Lipinski definition) is 6. The van der Waals surface area contributed by atoms with Crippen LogP contribution in [-0.4, -0.2) is 64.1 Å². The van der Waals surface area contributed by atoms with E-state index in [0.29, 0.717) is 0 Å². The molecule has 6 nitrogen and oxygen atoms in total. The molecule has 1 N–H and O–H groups in total. The van der Waals surface area contributed by atoms with Crippen molar-refractivity contribution < 1.29 is 23.7 Å². The molecule has 0 amide bonds. The first-order valence-electron chi connectivity index (χ1n) is 14.5. The summed E-state index contributed by atoms with van der Waals surface area (Å²) in [5.74, 6) is -0.0514. The highest BCUT2D eigenvalue weighted by Gasteiger charge is 2.55. The van der Waals surface area contributed by atoms with Gasteiger partial charge in [-0.1, -0.05) is 169 Å². The first kappa shape index (κ1) is 34.1. The van der Waals surface area contributed by atoms with Crippen LogP contribution in [0, 0.1) is 0 Å². The van der Waals surface area contributed by atoms with Crippen molar-refractivity contribution in [1.29, 1.82) is 0 Å². The summed E-state index contributed by atoms with van der Waals surface area (Å²) < 4.78 is 23.2. The lowest BCUT2D eigenvalue weighted by atomic mass is 9.91. The highest BCUT2D eigenvalue weighted by molar-refractivity contribution is 14.1. The number of rotatable bonds is 8. The number of benzene rings is 3. The molecule has 6 atom stereocenters. The molecule has 1 saturated heterocycles. The van der Waals surface area contributed by atoms with Crippen LogP contribution >= 0.6 is 57.4 Å². The SMILES string of the molecule is CC(O)(CO[Si](c1ccccc1)(c1ccccc1)C(C)(C)C)[C@@H](I)[C@@H]1N=C(C(Cl)(Cl)Cl)O[C@@H]2CO[C@@H](c3ccccc3)O[C@@H]12. The number of aliphatic imine (C=N–C) groups is 1. The Morgan fingerprint density at radius 2 is 1.43 bits per heavy atom. The van der Waals surface area contributed by atoms with Crippen LogP contribution in [0.25, 0.3) is 0 Å². The van der Waals surface area contributed by atoms with Crippen molar-refractivity contribution in [2.24, 2.45) is 4.99 Å². The standard InChI is InChI=1S/C33H37Cl3INO5Si/c1-31(2,3)44(23-16-10-6-11-17-23,24-18-12-7-13-19-24)41-21-32(4,39)28(37)26-27-25(42-30(38-26)33(34,35)36)20-40-29(43-27)22-14-8-5-9-15-22/h5-19,25-29,39H,20-21H2,1-4H3/t25-,26-,27-,28+,29-,32?/m1/s1. The van der Waals surface area contributed by atoms with Gasteiger partial charge in [-0.3, -0.25) is 0 Å². The largest absolute Gasteiger partial charge is 0.469 e. The van der Waals surface area contributed by atoms with Crippen molar-refractivity contribution in [3.05, 3.63) is 96.6 Å². The lowest BCUT2D eigenvalue weighted by Crippen LogP contribution is -2.68. The average molecular weight is 789 g/mol. The Kier molecular flexibility index (Phi) is 10.5. The third-order valence-corrected chi connectivity index (χ3v) is 15.7. The van der Waals surface area contributed by atoms with Gasteiger partial charge in [-0.05, 0) is 22.3 Å². The molecule has 5 rings (SSSR count). The van der Waals surface area contributed by atoms with E-state index in [1.807, 2.05) is 66.7 Å². The van der Waals surface area contributed by atoms with Gasteiger partial charge in [0.25, 0.3) is 12.1 Å². The number of aliphatic hydroxyl groups is 1. The van der Waals surface area contributed by atoms with Crippen molar-refractivity contribution >= 4 is 82.0 Å². The zero-order valence-electron chi connectivity index (χ0n) is 25.0. The van der Waals surface area contributed by atoms with Crippen LogP contribution in [0.2, 0.25) is 5.04 Å². The van der Waals surface area contributed by atoms with E-state index in [0.717, 1.165) is 15.9 Å². The fourth-order valence-electron chi connectivity index (χ4n) is 5.95. The van der Waals surface area contributed by atoms with Crippen molar-refractivity contribution in [2.45, 2.75) is 70.6 Å². The minimum Gasteiger partial charge on any atom is -0.469 e. The van der Waals surface area contributed by atoms with Gasteiger partial charge in [0.15, 0.2) is 12.4 Å². The maximum atomic E-state index is 12.2. The van der Waals surface area contributed by atoms with E-state index in [9.17, 15) is 5.11 Å². The molecule has 1 unspecified atom stereocenters. The van der Waals surface area contributed by atoms with Gasteiger partial charge < -0.3 is 23.7 Å². The molecule has 3 aromatic carbocycles. The molecule has 2 aliphatic heterocycles. The van der Waals surface area contributed by atoms with E-state index in [1.165, 1.54) is 0 Å². The van der Waals surface area contributed by atoms with Crippen LogP contribution < -0.4 is 10.4 Å². The van der Waals surface area contributed by atoms with Crippen molar-refractivity contribution in [3.8, 4) is 0 Å². The molecule has 2 heterocycles. The van der Waals surface area contributed by atoms with Gasteiger partial charge in [-0.2, -0.15) is 0 Å². The number of halogens is 4. The smallest absolute Gasteiger partial charge is 0.266 e. The van der Waals surface area contributed by atoms with E-state index in [1.54, 1.807) is 6.92 Å². The maximum Gasteiger partial charge on any atom is 0.266 e. The number of ether oxygens (including phenoxy) is 3. The molecule has 0 aromatic heterocycles. The molecule has 0 radical (unpaired) electrons. The van der Waals surface area contributed by atoms with Gasteiger partial charge in [-0.15, -0.1) is 0 Å². The molecule has 1 fully saturated rings. The van der Waals surface area contributed by atoms with Crippen LogP contribution in [0.3, 0.4) is 0 Å². The average Bonchev–Trinajstić information content (AvgIpc) is 3.00. The second-order valence-corrected chi connectivity index (χ2v) is 20.4. The summed E-state index contributed by atoms with van der Waals surface area (Å²) in [5, 5.41) is 14.2. The van der Waals surface area contributed by atoms with Crippen LogP contribution in [0.1, 0.15) is 39.5 Å². The Hall–Kier alpha value is -1.21. The summed E-state index contributed by atoms with van der Waals surface area (Å²) in [6.45, 7) is 8.62. The first-order valence-corrected chi connectivity index (χ1v) is 18.8. The molecule has 3 aromatic rings. The highest BCUT2D eigenvalue weighted by atomic mass is 127. The highest BCUT2D eigenvalue weighted by Crippen LogP contribution is 2.42. The molecule has 0 bridgehead atoms. The maximum absolute atomic E-state index is 12.2. The number of nitrogens with zero attached hydrogens (tertiary/aromatic N) is 1. The zero-order chi connectivity index (χ0) is 31.8. The molecule has 44 heavy (non-hydrogen) atoms. The number of hydrogen-bond donors (Lipinski definition) is 1. The third kappa shape index (κ3) is 7.04. The van der Waals surface area contributed by atoms with Crippen molar-refractivity contribution in [2.75, 3.05) is 13.2 Å². The second-order valence-electron chi connectivity index (χ2n) is 12.5. The van der Waals surface area contributed by atoms with Crippen LogP contribution in [0.5, 0.6) is 0 Å². The topological polar surface area (TPSA) is 69.5 Å². The third-order valence-electron chi connectivity index (χ3n) is 8.13. The van der Waals surface area contributed by atoms with Gasteiger partial charge >= 0.3 is 0 Å². The summed E-state index contributed by atoms with van der Waals surface area (Å²) in [4.78, 5) is 4.75. The Labute approximate surface area is 289 Å². The van der Waals surface area contributed by atoms with E-state index in [2.05, 4.69) is 67.6 Å². The van der Waals surface area contributed by atoms with Gasteiger partial charge in [0, 0.05) is 5.56 Å². The molecular weight excluding hydrogens is 752 g/mol. The van der Waals surface area contributed by atoms with Crippen LogP contribution in [-0.2, 0) is 18.6 Å². The van der Waals surface area contributed by atoms with Crippen molar-refractivity contribution in [3.63, 3.8) is 0 Å². The van der Waals surface area contributed by atoms with Crippen molar-refractivity contribution in [1.82, 2.24) is 0 Å². The Balaban J connectivity index is 1.49. The normalized spacial score (nSPS) is 24.8. The second kappa shape index (κ2) is 13.5. The predicted molar refractivity (Wildman–Crippen MR) is 188 cm³/mol. The predicted octanol–water partition coefficient (Wildman–Crippen LogP) is 6.77. The molecule has 0 saturated carbocycles. The summed E-state index contributed by atoms with van der Waals surface area (Å²) in [6, 6.07) is 29.7. The molecule has 11 heteroatoms. The Bertz CT molecular complexity index is 1380. The minimum atomic E-state index is -2.93. The number of alkyl halides is 4. The fourth-order valence-corrected chi connectivity index (χ4v) is 11.6. The van der Waals surface area contributed by atoms with Gasteiger partial charge in [0.2, 0.25) is 5.90 Å². The zero-order valence-corrected chi connectivity index (χ0v) is 30.4. The summed E-state index contributed by atoms with van der Waals surface area (Å²) in [7, 11) is -2.93. The summed E-state index contributed by atoms with van der Waals surface area (Å²) >= 11 is 21.0. The van der Waals surface area contributed by atoms with Crippen LogP contribution in [0.4, 0.5) is 0 Å². The van der Waals surface area contributed by atoms with Gasteiger partial charge in [0.05, 0.1) is 28.8 Å². The van der Waals surface area contributed by atoms with E-state index >= 15 is 0 Å². The quantitative estimate of drug-likeness (QED) is 0.155. The molecule has 236 valence electrons. The lowest BCUT2D eigenvalue weighted by Gasteiger charge is -2.48. The van der Waals surface area contributed by atoms with Crippen LogP contribution in [0.15, 0.2) is 96.0 Å². The van der Waals surface area contributed by atoms with E-state index in [-0.39, 0.29) is 24.1 Å². The molecular formula is C33H37Cl3INO5Si. The molecule has 2 aliphatic rings. The first-order chi connectivity index (χ1) is 20.7. The van der Waals surface area contributed by atoms with Gasteiger partial charge in [0.1, 0.15) is 6.10 Å². The molecule has 0 spiro atoms. The van der Waals surface area contributed by atoms with E-state index < -0.39 is 46.2 Å². The summed E-state index contributed by atoms with van der Waals surface area (Å²) in [6.07, 6.45) is -1.80. The number of fused-ring (bicyclic) bond motifs is 1. The van der Waals surface area contributed by atoms with Gasteiger partial charge in [-0.25, -0.2) is 4.99 Å². The Morgan fingerprint density at radius 1 is 0.909 bits per heavy atom. The van der Waals surface area contributed by atoms with E-state index in [4.69, 9.17) is 58.4 Å². The Morgan fingerprint density at radius 3 is 1.93 bits per heavy atom. The minimum absolute atomic E-state index is 0.0415. The molecule has 0 aliphatic carbocycles. The monoisotopic (exact) mass is 787 g/mol. The summed E-state index contributed by atoms with van der Waals surface area (Å²) in [5.41, 5.74) is -0.501. The lowest BCUT2D eigenvalue weighted by molar-refractivity contribution is -0.263. The fraction of sp³-hybridized carbons (Fsp3) is 0.424.